The van der Waals surface area contributed by atoms with Crippen molar-refractivity contribution in [3.63, 3.8) is 0 Å². The van der Waals surface area contributed by atoms with Gasteiger partial charge in [-0.2, -0.15) is 0 Å². The van der Waals surface area contributed by atoms with Gasteiger partial charge >= 0.3 is 0 Å². The maximum atomic E-state index is 12.9. The number of hydroxylamine groups is 2. The summed E-state index contributed by atoms with van der Waals surface area (Å²) in [5, 5.41) is 9.00. The van der Waals surface area contributed by atoms with E-state index in [4.69, 9.17) is 0 Å². The maximum absolute atomic E-state index is 12.9. The Balaban J connectivity index is 1.65. The van der Waals surface area contributed by atoms with Gasteiger partial charge < -0.3 is 4.98 Å². The Bertz CT molecular complexity index is 1140. The molecule has 1 unspecified atom stereocenters. The number of hydrogen-bond acceptors (Lipinski definition) is 5. The number of carbonyl (C=O) groups is 1. The summed E-state index contributed by atoms with van der Waals surface area (Å²) in [5.41, 5.74) is 2.49. The molecule has 0 saturated carbocycles. The van der Waals surface area contributed by atoms with Crippen molar-refractivity contribution in [2.75, 3.05) is 6.54 Å². The number of nitrogens with one attached hydrogen (secondary N) is 1. The molecule has 0 spiro atoms. The fourth-order valence-electron chi connectivity index (χ4n) is 3.36. The highest BCUT2D eigenvalue weighted by Crippen LogP contribution is 2.27. The van der Waals surface area contributed by atoms with E-state index in [-0.39, 0.29) is 17.9 Å². The summed E-state index contributed by atoms with van der Waals surface area (Å²) < 4.78 is 27.0. The van der Waals surface area contributed by atoms with E-state index in [1.807, 2.05) is 18.2 Å². The molecule has 1 aliphatic rings. The van der Waals surface area contributed by atoms with Crippen LogP contribution >= 0.6 is 22.6 Å². The Kier molecular flexibility index (Phi) is 5.15. The van der Waals surface area contributed by atoms with Crippen molar-refractivity contribution in [1.82, 2.24) is 15.0 Å². The van der Waals surface area contributed by atoms with Crippen LogP contribution in [-0.2, 0) is 14.6 Å². The second kappa shape index (κ2) is 7.45. The molecule has 3 aromatic rings. The number of nitrogens with zero attached hydrogens (tertiary/aromatic N) is 2. The van der Waals surface area contributed by atoms with Gasteiger partial charge in [0.2, 0.25) is 0 Å². The average molecular weight is 511 g/mol. The fraction of sp³-hybridized carbons (Fsp3) is 0.263. The van der Waals surface area contributed by atoms with Crippen molar-refractivity contribution in [2.24, 2.45) is 0 Å². The predicted octanol–water partition coefficient (Wildman–Crippen LogP) is 3.38. The van der Waals surface area contributed by atoms with Crippen molar-refractivity contribution in [3.05, 3.63) is 46.0 Å². The van der Waals surface area contributed by atoms with Gasteiger partial charge in [0.25, 0.3) is 5.91 Å². The lowest BCUT2D eigenvalue weighted by Gasteiger charge is -2.18. The standard InChI is InChI=1S/C19H18IN3O4S/c20-13-6-9-15-16(11-13)22-18(21-15)12-4-7-14(8-5-12)28(26,27)17-3-1-2-10-23(25)19(17)24/h4-9,11,17,25H,1-3,10H2,(H,21,22). The van der Waals surface area contributed by atoms with Gasteiger partial charge in [0.15, 0.2) is 9.84 Å². The normalized spacial score (nSPS) is 18.4. The summed E-state index contributed by atoms with van der Waals surface area (Å²) in [6.45, 7) is 0.161. The van der Waals surface area contributed by atoms with E-state index in [9.17, 15) is 18.4 Å². The third kappa shape index (κ3) is 3.53. The summed E-state index contributed by atoms with van der Waals surface area (Å²) in [5.74, 6) is -0.110. The predicted molar refractivity (Wildman–Crippen MR) is 113 cm³/mol. The Morgan fingerprint density at radius 2 is 1.89 bits per heavy atom. The minimum Gasteiger partial charge on any atom is -0.338 e. The van der Waals surface area contributed by atoms with Crippen LogP contribution in [0.4, 0.5) is 0 Å². The summed E-state index contributed by atoms with van der Waals surface area (Å²) >= 11 is 2.23. The first-order valence-corrected chi connectivity index (χ1v) is 11.5. The van der Waals surface area contributed by atoms with Crippen molar-refractivity contribution >= 4 is 49.4 Å². The molecule has 1 aliphatic heterocycles. The molecule has 1 atom stereocenters. The lowest BCUT2D eigenvalue weighted by Crippen LogP contribution is -2.39. The average Bonchev–Trinajstić information content (AvgIpc) is 3.02. The van der Waals surface area contributed by atoms with Crippen LogP contribution in [0.3, 0.4) is 0 Å². The minimum absolute atomic E-state index is 0.0653. The van der Waals surface area contributed by atoms with Crippen LogP contribution in [0, 0.1) is 3.57 Å². The molecule has 2 N–H and O–H groups in total. The third-order valence-corrected chi connectivity index (χ3v) is 7.68. The van der Waals surface area contributed by atoms with Crippen LogP contribution < -0.4 is 0 Å². The topological polar surface area (TPSA) is 103 Å². The Labute approximate surface area is 175 Å². The molecular weight excluding hydrogens is 493 g/mol. The zero-order chi connectivity index (χ0) is 19.9. The Hall–Kier alpha value is -1.98. The van der Waals surface area contributed by atoms with Crippen molar-refractivity contribution in [3.8, 4) is 11.4 Å². The molecule has 9 heteroatoms. The Morgan fingerprint density at radius 1 is 1.14 bits per heavy atom. The molecule has 0 bridgehead atoms. The minimum atomic E-state index is -3.88. The highest BCUT2D eigenvalue weighted by Gasteiger charge is 2.37. The number of imidazole rings is 1. The summed E-state index contributed by atoms with van der Waals surface area (Å²) in [4.78, 5) is 20.1. The van der Waals surface area contributed by atoms with E-state index in [1.54, 1.807) is 12.1 Å². The maximum Gasteiger partial charge on any atom is 0.264 e. The van der Waals surface area contributed by atoms with Gasteiger partial charge in [0.1, 0.15) is 11.1 Å². The summed E-state index contributed by atoms with van der Waals surface area (Å²) in [7, 11) is -3.88. The summed E-state index contributed by atoms with van der Waals surface area (Å²) in [6.07, 6.45) is 1.36. The number of H-pyrrole nitrogens is 1. The molecule has 4 rings (SSSR count). The quantitative estimate of drug-likeness (QED) is 0.415. The van der Waals surface area contributed by atoms with Crippen LogP contribution in [0.25, 0.3) is 22.4 Å². The molecule has 146 valence electrons. The smallest absolute Gasteiger partial charge is 0.264 e. The van der Waals surface area contributed by atoms with Gasteiger partial charge in [-0.05, 0) is 84.3 Å². The van der Waals surface area contributed by atoms with Crippen LogP contribution in [0.1, 0.15) is 19.3 Å². The van der Waals surface area contributed by atoms with E-state index in [2.05, 4.69) is 32.6 Å². The number of aromatic nitrogens is 2. The van der Waals surface area contributed by atoms with E-state index >= 15 is 0 Å². The van der Waals surface area contributed by atoms with Gasteiger partial charge in [0.05, 0.1) is 15.9 Å². The molecule has 2 heterocycles. The first-order valence-electron chi connectivity index (χ1n) is 8.86. The van der Waals surface area contributed by atoms with E-state index < -0.39 is 21.0 Å². The number of halogens is 1. The molecule has 2 aromatic carbocycles. The van der Waals surface area contributed by atoms with Gasteiger partial charge in [-0.15, -0.1) is 0 Å². The van der Waals surface area contributed by atoms with Gasteiger partial charge in [-0.3, -0.25) is 10.0 Å². The first-order chi connectivity index (χ1) is 13.4. The number of rotatable bonds is 3. The lowest BCUT2D eigenvalue weighted by molar-refractivity contribution is -0.163. The van der Waals surface area contributed by atoms with Gasteiger partial charge in [0, 0.05) is 15.7 Å². The second-order valence-corrected chi connectivity index (χ2v) is 10.1. The third-order valence-electron chi connectivity index (χ3n) is 4.89. The molecule has 7 nitrogen and oxygen atoms in total. The zero-order valence-electron chi connectivity index (χ0n) is 14.8. The molecule has 0 aliphatic carbocycles. The van der Waals surface area contributed by atoms with Crippen molar-refractivity contribution in [1.29, 1.82) is 0 Å². The molecular formula is C19H18IN3O4S. The second-order valence-electron chi connectivity index (χ2n) is 6.76. The van der Waals surface area contributed by atoms with Crippen molar-refractivity contribution < 1.29 is 18.4 Å². The largest absolute Gasteiger partial charge is 0.338 e. The van der Waals surface area contributed by atoms with Crippen LogP contribution in [-0.4, -0.2) is 46.4 Å². The molecule has 1 aromatic heterocycles. The monoisotopic (exact) mass is 511 g/mol. The first kappa shape index (κ1) is 19.3. The SMILES string of the molecule is O=C1C(S(=O)(=O)c2ccc(-c3nc4ccc(I)cc4[nH]3)cc2)CCCCN1O. The molecule has 28 heavy (non-hydrogen) atoms. The highest BCUT2D eigenvalue weighted by atomic mass is 127. The number of hydrogen-bond donors (Lipinski definition) is 2. The number of sulfone groups is 1. The van der Waals surface area contributed by atoms with Gasteiger partial charge in [-0.25, -0.2) is 18.5 Å². The number of carbonyl (C=O) groups excluding carboxylic acids is 1. The number of aromatic amines is 1. The van der Waals surface area contributed by atoms with Crippen LogP contribution in [0.5, 0.6) is 0 Å². The zero-order valence-corrected chi connectivity index (χ0v) is 17.8. The van der Waals surface area contributed by atoms with E-state index in [0.717, 1.165) is 20.2 Å². The molecule has 0 radical (unpaired) electrons. The van der Waals surface area contributed by atoms with E-state index in [1.165, 1.54) is 12.1 Å². The van der Waals surface area contributed by atoms with Crippen LogP contribution in [0.15, 0.2) is 47.4 Å². The number of fused-ring (bicyclic) bond motifs is 1. The lowest BCUT2D eigenvalue weighted by atomic mass is 10.2. The van der Waals surface area contributed by atoms with Crippen LogP contribution in [0.2, 0.25) is 0 Å². The van der Waals surface area contributed by atoms with Crippen molar-refractivity contribution in [2.45, 2.75) is 29.4 Å². The molecule has 1 amide bonds. The summed E-state index contributed by atoms with van der Waals surface area (Å²) in [6, 6.07) is 12.2. The Morgan fingerprint density at radius 3 is 2.64 bits per heavy atom. The number of benzene rings is 2. The molecule has 1 fully saturated rings. The van der Waals surface area contributed by atoms with E-state index in [0.29, 0.717) is 23.7 Å². The number of amides is 1. The van der Waals surface area contributed by atoms with Gasteiger partial charge in [-0.1, -0.05) is 0 Å². The molecule has 1 saturated heterocycles. The highest BCUT2D eigenvalue weighted by molar-refractivity contribution is 14.1. The fourth-order valence-corrected chi connectivity index (χ4v) is 5.56.